The maximum Gasteiger partial charge on any atom is 0.276 e. The van der Waals surface area contributed by atoms with Crippen molar-refractivity contribution in [2.75, 3.05) is 11.1 Å². The van der Waals surface area contributed by atoms with Gasteiger partial charge in [0.2, 0.25) is 5.91 Å². The quantitative estimate of drug-likeness (QED) is 0.821. The average molecular weight is 224 g/mol. The minimum atomic E-state index is -0.547. The van der Waals surface area contributed by atoms with Gasteiger partial charge in [-0.15, -0.1) is 0 Å². The van der Waals surface area contributed by atoms with Crippen molar-refractivity contribution in [3.05, 3.63) is 29.8 Å². The first-order valence-electron chi connectivity index (χ1n) is 4.36. The fraction of sp³-hybridized carbons (Fsp3) is 0.200. The average Bonchev–Trinajstić information content (AvgIpc) is 2.15. The van der Waals surface area contributed by atoms with Gasteiger partial charge in [-0.1, -0.05) is 23.9 Å². The van der Waals surface area contributed by atoms with Crippen LogP contribution in [-0.4, -0.2) is 16.9 Å². The summed E-state index contributed by atoms with van der Waals surface area (Å²) in [4.78, 5) is 21.7. The monoisotopic (exact) mass is 224 g/mol. The molecule has 1 aromatic rings. The lowest BCUT2D eigenvalue weighted by molar-refractivity contribution is -0.113. The second-order valence-electron chi connectivity index (χ2n) is 3.03. The van der Waals surface area contributed by atoms with Crippen LogP contribution in [0.15, 0.2) is 24.3 Å². The van der Waals surface area contributed by atoms with Crippen LogP contribution in [0, 0.1) is 6.92 Å². The summed E-state index contributed by atoms with van der Waals surface area (Å²) in [5.41, 5.74) is 6.69. The third-order valence-corrected chi connectivity index (χ3v) is 2.34. The maximum absolute atomic E-state index is 11.3. The number of thioether (sulfide) groups is 1. The second kappa shape index (κ2) is 5.41. The van der Waals surface area contributed by atoms with Gasteiger partial charge >= 0.3 is 0 Å². The van der Waals surface area contributed by atoms with Crippen LogP contribution in [0.3, 0.4) is 0 Å². The highest BCUT2D eigenvalue weighted by Gasteiger charge is 2.04. The molecule has 80 valence electrons. The van der Waals surface area contributed by atoms with Crippen molar-refractivity contribution in [1.29, 1.82) is 0 Å². The molecule has 4 nitrogen and oxygen atoms in total. The molecule has 5 heteroatoms. The van der Waals surface area contributed by atoms with E-state index in [0.29, 0.717) is 0 Å². The molecular weight excluding hydrogens is 212 g/mol. The summed E-state index contributed by atoms with van der Waals surface area (Å²) in [5, 5.41) is 2.12. The SMILES string of the molecule is Cc1cccc(NC(=O)CSC(N)=O)c1. The third kappa shape index (κ3) is 4.51. The van der Waals surface area contributed by atoms with Crippen LogP contribution in [0.4, 0.5) is 10.5 Å². The largest absolute Gasteiger partial charge is 0.361 e. The van der Waals surface area contributed by atoms with Crippen LogP contribution in [0.5, 0.6) is 0 Å². The molecule has 0 aliphatic rings. The summed E-state index contributed by atoms with van der Waals surface area (Å²) < 4.78 is 0. The first-order valence-corrected chi connectivity index (χ1v) is 5.35. The van der Waals surface area contributed by atoms with Crippen LogP contribution >= 0.6 is 11.8 Å². The number of hydrogen-bond donors (Lipinski definition) is 2. The minimum absolute atomic E-state index is 0.0449. The highest BCUT2D eigenvalue weighted by molar-refractivity contribution is 8.14. The highest BCUT2D eigenvalue weighted by Crippen LogP contribution is 2.10. The van der Waals surface area contributed by atoms with Gasteiger partial charge in [0.1, 0.15) is 0 Å². The summed E-state index contributed by atoms with van der Waals surface area (Å²) in [6, 6.07) is 7.44. The molecule has 0 aromatic heterocycles. The third-order valence-electron chi connectivity index (χ3n) is 1.65. The van der Waals surface area contributed by atoms with Gasteiger partial charge in [0.05, 0.1) is 5.75 Å². The molecule has 3 N–H and O–H groups in total. The van der Waals surface area contributed by atoms with Gasteiger partial charge in [-0.25, -0.2) is 0 Å². The fourth-order valence-corrected chi connectivity index (χ4v) is 1.40. The molecule has 0 fully saturated rings. The molecule has 0 bridgehead atoms. The molecule has 0 aliphatic heterocycles. The Morgan fingerprint density at radius 2 is 2.20 bits per heavy atom. The van der Waals surface area contributed by atoms with Crippen molar-refractivity contribution in [2.45, 2.75) is 6.92 Å². The number of carbonyl (C=O) groups is 2. The minimum Gasteiger partial charge on any atom is -0.361 e. The first-order chi connectivity index (χ1) is 7.08. The van der Waals surface area contributed by atoms with Crippen molar-refractivity contribution in [3.8, 4) is 0 Å². The summed E-state index contributed by atoms with van der Waals surface area (Å²) in [7, 11) is 0. The Morgan fingerprint density at radius 3 is 2.80 bits per heavy atom. The van der Waals surface area contributed by atoms with E-state index in [0.717, 1.165) is 23.0 Å². The van der Waals surface area contributed by atoms with Gasteiger partial charge in [0.15, 0.2) is 0 Å². The van der Waals surface area contributed by atoms with E-state index in [-0.39, 0.29) is 11.7 Å². The van der Waals surface area contributed by atoms with Crippen LogP contribution in [-0.2, 0) is 4.79 Å². The van der Waals surface area contributed by atoms with E-state index in [4.69, 9.17) is 5.73 Å². The van der Waals surface area contributed by atoms with Crippen molar-refractivity contribution >= 4 is 28.6 Å². The molecule has 0 heterocycles. The Kier molecular flexibility index (Phi) is 4.17. The zero-order chi connectivity index (χ0) is 11.3. The number of anilines is 1. The second-order valence-corrected chi connectivity index (χ2v) is 4.01. The number of rotatable bonds is 3. The Morgan fingerprint density at radius 1 is 1.47 bits per heavy atom. The van der Waals surface area contributed by atoms with Gasteiger partial charge in [-0.05, 0) is 24.6 Å². The zero-order valence-electron chi connectivity index (χ0n) is 8.32. The Balaban J connectivity index is 2.48. The van der Waals surface area contributed by atoms with Crippen LogP contribution in [0.25, 0.3) is 0 Å². The standard InChI is InChI=1S/C10H12N2O2S/c1-7-3-2-4-8(5-7)12-9(13)6-15-10(11)14/h2-5H,6H2,1H3,(H2,11,14)(H,12,13). The lowest BCUT2D eigenvalue weighted by atomic mass is 10.2. The molecule has 0 aliphatic carbocycles. The molecule has 2 amide bonds. The summed E-state index contributed by atoms with van der Waals surface area (Å²) in [5.74, 6) is -0.187. The van der Waals surface area contributed by atoms with E-state index in [1.54, 1.807) is 6.07 Å². The Labute approximate surface area is 92.2 Å². The van der Waals surface area contributed by atoms with Gasteiger partial charge < -0.3 is 11.1 Å². The van der Waals surface area contributed by atoms with Crippen LogP contribution in [0.2, 0.25) is 0 Å². The summed E-state index contributed by atoms with van der Waals surface area (Å²) >= 11 is 0.790. The van der Waals surface area contributed by atoms with Crippen LogP contribution in [0.1, 0.15) is 5.56 Å². The molecule has 0 saturated carbocycles. The topological polar surface area (TPSA) is 72.2 Å². The number of amides is 2. The molecule has 1 rings (SSSR count). The molecule has 0 radical (unpaired) electrons. The molecule has 0 unspecified atom stereocenters. The normalized spacial score (nSPS) is 9.67. The zero-order valence-corrected chi connectivity index (χ0v) is 9.14. The number of nitrogens with one attached hydrogen (secondary N) is 1. The lowest BCUT2D eigenvalue weighted by Crippen LogP contribution is -2.16. The fourth-order valence-electron chi connectivity index (χ4n) is 1.06. The van der Waals surface area contributed by atoms with E-state index in [2.05, 4.69) is 5.32 Å². The molecular formula is C10H12N2O2S. The van der Waals surface area contributed by atoms with Crippen molar-refractivity contribution in [3.63, 3.8) is 0 Å². The predicted octanol–water partition coefficient (Wildman–Crippen LogP) is 1.75. The number of primary amides is 1. The van der Waals surface area contributed by atoms with E-state index >= 15 is 0 Å². The lowest BCUT2D eigenvalue weighted by Gasteiger charge is -2.04. The molecule has 0 saturated heterocycles. The van der Waals surface area contributed by atoms with E-state index in [1.807, 2.05) is 25.1 Å². The first kappa shape index (κ1) is 11.6. The Hall–Kier alpha value is -1.49. The molecule has 0 spiro atoms. The van der Waals surface area contributed by atoms with Gasteiger partial charge in [-0.3, -0.25) is 9.59 Å². The van der Waals surface area contributed by atoms with Gasteiger partial charge in [-0.2, -0.15) is 0 Å². The highest BCUT2D eigenvalue weighted by atomic mass is 32.2. The van der Waals surface area contributed by atoms with Crippen molar-refractivity contribution < 1.29 is 9.59 Å². The van der Waals surface area contributed by atoms with Gasteiger partial charge in [0.25, 0.3) is 5.24 Å². The Bertz CT molecular complexity index is 379. The summed E-state index contributed by atoms with van der Waals surface area (Å²) in [6.45, 7) is 1.94. The van der Waals surface area contributed by atoms with E-state index < -0.39 is 5.24 Å². The predicted molar refractivity (Wildman–Crippen MR) is 61.9 cm³/mol. The van der Waals surface area contributed by atoms with E-state index in [9.17, 15) is 9.59 Å². The summed E-state index contributed by atoms with van der Waals surface area (Å²) in [6.07, 6.45) is 0. The molecule has 0 atom stereocenters. The maximum atomic E-state index is 11.3. The number of benzene rings is 1. The van der Waals surface area contributed by atoms with E-state index in [1.165, 1.54) is 0 Å². The van der Waals surface area contributed by atoms with Crippen molar-refractivity contribution in [2.24, 2.45) is 5.73 Å². The number of hydrogen-bond acceptors (Lipinski definition) is 3. The molecule has 15 heavy (non-hydrogen) atoms. The number of carbonyl (C=O) groups excluding carboxylic acids is 2. The number of aryl methyl sites for hydroxylation is 1. The van der Waals surface area contributed by atoms with Crippen molar-refractivity contribution in [1.82, 2.24) is 0 Å². The smallest absolute Gasteiger partial charge is 0.276 e. The van der Waals surface area contributed by atoms with Crippen LogP contribution < -0.4 is 11.1 Å². The van der Waals surface area contributed by atoms with Gasteiger partial charge in [0, 0.05) is 5.69 Å². The molecule has 1 aromatic carbocycles. The number of nitrogens with two attached hydrogens (primary N) is 1.